The molecule has 0 unspecified atom stereocenters. The SMILES string of the molecule is CC(C)(C)NCC(=O)Nc1cc(Br)ccc1O. The molecule has 1 rings (SSSR count). The van der Waals surface area contributed by atoms with E-state index in [1.54, 1.807) is 12.1 Å². The predicted molar refractivity (Wildman–Crippen MR) is 72.2 cm³/mol. The summed E-state index contributed by atoms with van der Waals surface area (Å²) in [4.78, 5) is 11.6. The zero-order valence-electron chi connectivity index (χ0n) is 10.2. The van der Waals surface area contributed by atoms with Gasteiger partial charge in [-0.15, -0.1) is 0 Å². The first-order valence-corrected chi connectivity index (χ1v) is 6.10. The molecule has 0 bridgehead atoms. The van der Waals surface area contributed by atoms with Gasteiger partial charge >= 0.3 is 0 Å². The van der Waals surface area contributed by atoms with Gasteiger partial charge in [-0.3, -0.25) is 4.79 Å². The lowest BCUT2D eigenvalue weighted by molar-refractivity contribution is -0.115. The summed E-state index contributed by atoms with van der Waals surface area (Å²) in [5.41, 5.74) is 0.288. The average Bonchev–Trinajstić information content (AvgIpc) is 2.20. The second-order valence-electron chi connectivity index (χ2n) is 4.81. The van der Waals surface area contributed by atoms with Gasteiger partial charge < -0.3 is 15.7 Å². The van der Waals surface area contributed by atoms with Crippen LogP contribution in [0.15, 0.2) is 22.7 Å². The van der Waals surface area contributed by atoms with E-state index in [9.17, 15) is 9.90 Å². The molecule has 1 aromatic carbocycles. The third-order valence-electron chi connectivity index (χ3n) is 2.01. The molecule has 0 spiro atoms. The predicted octanol–water partition coefficient (Wildman–Crippen LogP) is 2.48. The molecule has 5 heteroatoms. The Labute approximate surface area is 110 Å². The molecule has 0 aromatic heterocycles. The zero-order valence-corrected chi connectivity index (χ0v) is 11.8. The topological polar surface area (TPSA) is 61.4 Å². The lowest BCUT2D eigenvalue weighted by atomic mass is 10.1. The summed E-state index contributed by atoms with van der Waals surface area (Å²) >= 11 is 3.28. The fourth-order valence-corrected chi connectivity index (χ4v) is 1.51. The highest BCUT2D eigenvalue weighted by molar-refractivity contribution is 9.10. The Bertz CT molecular complexity index is 413. The first-order valence-electron chi connectivity index (χ1n) is 5.31. The van der Waals surface area contributed by atoms with Crippen molar-refractivity contribution < 1.29 is 9.90 Å². The van der Waals surface area contributed by atoms with Crippen LogP contribution in [0.5, 0.6) is 5.75 Å². The van der Waals surface area contributed by atoms with Gasteiger partial charge in [0.1, 0.15) is 5.75 Å². The van der Waals surface area contributed by atoms with E-state index in [-0.39, 0.29) is 23.7 Å². The van der Waals surface area contributed by atoms with E-state index in [1.165, 1.54) is 6.07 Å². The van der Waals surface area contributed by atoms with Crippen molar-refractivity contribution in [1.82, 2.24) is 5.32 Å². The number of rotatable bonds is 3. The van der Waals surface area contributed by atoms with Crippen molar-refractivity contribution in [3.8, 4) is 5.75 Å². The Morgan fingerprint density at radius 3 is 2.65 bits per heavy atom. The second kappa shape index (κ2) is 5.51. The van der Waals surface area contributed by atoms with Gasteiger partial charge in [0.15, 0.2) is 0 Å². The van der Waals surface area contributed by atoms with E-state index < -0.39 is 0 Å². The summed E-state index contributed by atoms with van der Waals surface area (Å²) in [7, 11) is 0. The molecular formula is C12H17BrN2O2. The normalized spacial score (nSPS) is 11.3. The van der Waals surface area contributed by atoms with Gasteiger partial charge in [0.05, 0.1) is 12.2 Å². The number of hydrogen-bond acceptors (Lipinski definition) is 3. The van der Waals surface area contributed by atoms with Crippen molar-refractivity contribution in [2.75, 3.05) is 11.9 Å². The Morgan fingerprint density at radius 1 is 1.41 bits per heavy atom. The van der Waals surface area contributed by atoms with Gasteiger partial charge in [-0.25, -0.2) is 0 Å². The van der Waals surface area contributed by atoms with E-state index in [0.29, 0.717) is 5.69 Å². The summed E-state index contributed by atoms with van der Waals surface area (Å²) in [6.45, 7) is 6.15. The smallest absolute Gasteiger partial charge is 0.238 e. The number of phenols is 1. The molecule has 0 radical (unpaired) electrons. The van der Waals surface area contributed by atoms with E-state index in [4.69, 9.17) is 0 Å². The maximum absolute atomic E-state index is 11.6. The van der Waals surface area contributed by atoms with Gasteiger partial charge in [-0.05, 0) is 39.0 Å². The van der Waals surface area contributed by atoms with Crippen molar-refractivity contribution in [3.05, 3.63) is 22.7 Å². The molecule has 0 heterocycles. The Kier molecular flexibility index (Phi) is 4.54. The quantitative estimate of drug-likeness (QED) is 0.752. The monoisotopic (exact) mass is 300 g/mol. The van der Waals surface area contributed by atoms with E-state index in [1.807, 2.05) is 20.8 Å². The Balaban J connectivity index is 2.59. The summed E-state index contributed by atoms with van der Waals surface area (Å²) in [6, 6.07) is 4.89. The number of anilines is 1. The van der Waals surface area contributed by atoms with Crippen molar-refractivity contribution >= 4 is 27.5 Å². The molecule has 4 nitrogen and oxygen atoms in total. The van der Waals surface area contributed by atoms with Crippen molar-refractivity contribution in [1.29, 1.82) is 0 Å². The summed E-state index contributed by atoms with van der Waals surface area (Å²) in [5.74, 6) is -0.134. The molecule has 94 valence electrons. The largest absolute Gasteiger partial charge is 0.506 e. The van der Waals surface area contributed by atoms with Crippen LogP contribution in [0.3, 0.4) is 0 Å². The van der Waals surface area contributed by atoms with E-state index >= 15 is 0 Å². The van der Waals surface area contributed by atoms with Gasteiger partial charge in [0.2, 0.25) is 5.91 Å². The molecule has 0 aliphatic heterocycles. The third kappa shape index (κ3) is 5.19. The molecule has 0 atom stereocenters. The van der Waals surface area contributed by atoms with Crippen LogP contribution in [-0.2, 0) is 4.79 Å². The van der Waals surface area contributed by atoms with Crippen LogP contribution in [0, 0.1) is 0 Å². The number of carbonyl (C=O) groups excluding carboxylic acids is 1. The standard InChI is InChI=1S/C12H17BrN2O2/c1-12(2,3)14-7-11(17)15-9-6-8(13)4-5-10(9)16/h4-6,14,16H,7H2,1-3H3,(H,15,17). The van der Waals surface area contributed by atoms with Crippen LogP contribution in [0.2, 0.25) is 0 Å². The van der Waals surface area contributed by atoms with Crippen LogP contribution < -0.4 is 10.6 Å². The molecule has 1 aromatic rings. The fraction of sp³-hybridized carbons (Fsp3) is 0.417. The van der Waals surface area contributed by atoms with Crippen LogP contribution >= 0.6 is 15.9 Å². The number of benzene rings is 1. The summed E-state index contributed by atoms with van der Waals surface area (Å²) in [5, 5.41) is 15.3. The van der Waals surface area contributed by atoms with E-state index in [0.717, 1.165) is 4.47 Å². The van der Waals surface area contributed by atoms with Crippen LogP contribution in [0.1, 0.15) is 20.8 Å². The highest BCUT2D eigenvalue weighted by Gasteiger charge is 2.12. The fourth-order valence-electron chi connectivity index (χ4n) is 1.15. The molecule has 0 saturated heterocycles. The maximum Gasteiger partial charge on any atom is 0.238 e. The molecule has 0 fully saturated rings. The van der Waals surface area contributed by atoms with Gasteiger partial charge in [-0.1, -0.05) is 15.9 Å². The van der Waals surface area contributed by atoms with Crippen LogP contribution in [0.4, 0.5) is 5.69 Å². The molecule has 17 heavy (non-hydrogen) atoms. The number of hydrogen-bond donors (Lipinski definition) is 3. The van der Waals surface area contributed by atoms with Crippen molar-refractivity contribution in [2.24, 2.45) is 0 Å². The Hall–Kier alpha value is -1.07. The maximum atomic E-state index is 11.6. The summed E-state index contributed by atoms with van der Waals surface area (Å²) in [6.07, 6.45) is 0. The molecular weight excluding hydrogens is 284 g/mol. The minimum Gasteiger partial charge on any atom is -0.506 e. The highest BCUT2D eigenvalue weighted by Crippen LogP contribution is 2.26. The lowest BCUT2D eigenvalue weighted by Crippen LogP contribution is -2.41. The molecule has 3 N–H and O–H groups in total. The number of amides is 1. The van der Waals surface area contributed by atoms with Crippen LogP contribution in [-0.4, -0.2) is 23.1 Å². The zero-order chi connectivity index (χ0) is 13.1. The van der Waals surface area contributed by atoms with Gasteiger partial charge in [-0.2, -0.15) is 0 Å². The van der Waals surface area contributed by atoms with E-state index in [2.05, 4.69) is 26.6 Å². The number of phenolic OH excluding ortho intramolecular Hbond substituents is 1. The number of carbonyl (C=O) groups is 1. The second-order valence-corrected chi connectivity index (χ2v) is 5.73. The van der Waals surface area contributed by atoms with Crippen molar-refractivity contribution in [3.63, 3.8) is 0 Å². The number of aromatic hydroxyl groups is 1. The third-order valence-corrected chi connectivity index (χ3v) is 2.51. The molecule has 1 amide bonds. The van der Waals surface area contributed by atoms with Crippen LogP contribution in [0.25, 0.3) is 0 Å². The highest BCUT2D eigenvalue weighted by atomic mass is 79.9. The Morgan fingerprint density at radius 2 is 2.06 bits per heavy atom. The minimum absolute atomic E-state index is 0.0531. The summed E-state index contributed by atoms with van der Waals surface area (Å²) < 4.78 is 0.800. The lowest BCUT2D eigenvalue weighted by Gasteiger charge is -2.20. The molecule has 0 aliphatic rings. The molecule has 0 saturated carbocycles. The van der Waals surface area contributed by atoms with Gasteiger partial charge in [0, 0.05) is 10.0 Å². The van der Waals surface area contributed by atoms with Crippen molar-refractivity contribution in [2.45, 2.75) is 26.3 Å². The minimum atomic E-state index is -0.187. The average molecular weight is 301 g/mol. The first kappa shape index (κ1) is 14.0. The van der Waals surface area contributed by atoms with Gasteiger partial charge in [0.25, 0.3) is 0 Å². The number of halogens is 1. The first-order chi connectivity index (χ1) is 7.78. The molecule has 0 aliphatic carbocycles. The number of nitrogens with one attached hydrogen (secondary N) is 2.